The SMILES string of the molecule is CC1(C)c2cc(C=O)[se]c2-n2c3ccccc3c3cccc1c32.CN1C(=O)/C(=C/c2cc3c([se]2)-n2c4ccccc4c4cccc(c42)C3(C)C)C(=O)NC1=S.CN1C(=O)CC(=O)NC1=S. The monoisotopic (exact) mass is 1030 g/mol. The van der Waals surface area contributed by atoms with E-state index in [4.69, 9.17) is 12.2 Å². The molecule has 4 amide bonds. The maximum absolute atomic E-state index is 12.7. The zero-order chi connectivity index (χ0) is 45.9. The van der Waals surface area contributed by atoms with Gasteiger partial charge in [0.25, 0.3) is 0 Å². The molecule has 0 unspecified atom stereocenters. The molecule has 0 saturated carbocycles. The van der Waals surface area contributed by atoms with E-state index in [0.717, 1.165) is 15.2 Å². The Hall–Kier alpha value is -6.05. The molecule has 0 spiro atoms. The van der Waals surface area contributed by atoms with Gasteiger partial charge in [0.2, 0.25) is 11.8 Å². The first-order valence-corrected chi connectivity index (χ1v) is 25.0. The fourth-order valence-corrected chi connectivity index (χ4v) is 14.9. The van der Waals surface area contributed by atoms with Crippen LogP contribution in [0.3, 0.4) is 0 Å². The van der Waals surface area contributed by atoms with Crippen LogP contribution >= 0.6 is 24.4 Å². The van der Waals surface area contributed by atoms with Crippen LogP contribution in [0.1, 0.15) is 70.0 Å². The molecule has 0 aliphatic carbocycles. The molecule has 12 rings (SSSR count). The normalized spacial score (nSPS) is 17.4. The van der Waals surface area contributed by atoms with Crippen molar-refractivity contribution in [3.63, 3.8) is 0 Å². The largest absolute Gasteiger partial charge is 0.302 e. The molecule has 8 aromatic rings. The molecule has 4 aromatic heterocycles. The molecule has 2 N–H and O–H groups in total. The van der Waals surface area contributed by atoms with E-state index in [1.54, 1.807) is 13.1 Å². The van der Waals surface area contributed by atoms with Gasteiger partial charge < -0.3 is 5.32 Å². The summed E-state index contributed by atoms with van der Waals surface area (Å²) in [5, 5.41) is 10.4. The molecule has 324 valence electrons. The molecular formula is C50H40N6O5S2Se2. The fraction of sp³-hybridized carbons (Fsp3) is 0.180. The van der Waals surface area contributed by atoms with Crippen LogP contribution in [0.2, 0.25) is 0 Å². The number of nitrogens with one attached hydrogen (secondary N) is 2. The number of carbonyl (C=O) groups is 5. The number of para-hydroxylation sites is 4. The van der Waals surface area contributed by atoms with E-state index in [0.29, 0.717) is 0 Å². The third-order valence-electron chi connectivity index (χ3n) is 12.9. The van der Waals surface area contributed by atoms with Crippen molar-refractivity contribution in [3.05, 3.63) is 134 Å². The van der Waals surface area contributed by atoms with Crippen molar-refractivity contribution in [1.29, 1.82) is 0 Å². The van der Waals surface area contributed by atoms with E-state index in [2.05, 4.69) is 157 Å². The Bertz CT molecular complexity index is 3490. The molecule has 4 aromatic carbocycles. The molecule has 8 heterocycles. The second-order valence-corrected chi connectivity index (χ2v) is 22.6. The number of nitrogens with zero attached hydrogens (tertiary/aromatic N) is 4. The van der Waals surface area contributed by atoms with Crippen LogP contribution in [0.25, 0.3) is 58.8 Å². The van der Waals surface area contributed by atoms with Crippen molar-refractivity contribution in [3.8, 4) is 9.12 Å². The van der Waals surface area contributed by atoms with Crippen LogP contribution in [0, 0.1) is 0 Å². The number of amides is 4. The van der Waals surface area contributed by atoms with Crippen LogP contribution in [0.4, 0.5) is 0 Å². The van der Waals surface area contributed by atoms with Gasteiger partial charge in [0.05, 0.1) is 0 Å². The maximum Gasteiger partial charge on any atom is 0.237 e. The number of aromatic nitrogens is 2. The van der Waals surface area contributed by atoms with Gasteiger partial charge in [0, 0.05) is 7.05 Å². The van der Waals surface area contributed by atoms with E-state index in [1.807, 2.05) is 0 Å². The summed E-state index contributed by atoms with van der Waals surface area (Å²) in [6, 6.07) is 34.6. The molecule has 0 radical (unpaired) electrons. The Labute approximate surface area is 396 Å². The Morgan fingerprint density at radius 1 is 0.600 bits per heavy atom. The second-order valence-electron chi connectivity index (χ2n) is 17.4. The second kappa shape index (κ2) is 15.5. The van der Waals surface area contributed by atoms with Gasteiger partial charge in [-0.05, 0) is 12.2 Å². The predicted molar refractivity (Wildman–Crippen MR) is 265 cm³/mol. The van der Waals surface area contributed by atoms with E-state index < -0.39 is 5.91 Å². The number of likely N-dealkylation sites (N-methyl/N-ethyl adjacent to an activating group) is 1. The smallest absolute Gasteiger partial charge is 0.237 e. The molecule has 2 fully saturated rings. The topological polar surface area (TPSA) is 126 Å². The van der Waals surface area contributed by atoms with Crippen LogP contribution < -0.4 is 10.6 Å². The number of aldehydes is 1. The summed E-state index contributed by atoms with van der Waals surface area (Å²) in [6.45, 7) is 9.06. The number of thiocarbonyl (C=S) groups is 2. The number of rotatable bonds is 2. The van der Waals surface area contributed by atoms with Gasteiger partial charge in [-0.25, -0.2) is 0 Å². The van der Waals surface area contributed by atoms with E-state index >= 15 is 0 Å². The minimum atomic E-state index is -0.434. The van der Waals surface area contributed by atoms with Crippen molar-refractivity contribution >= 4 is 143 Å². The van der Waals surface area contributed by atoms with Gasteiger partial charge in [-0.1, -0.05) is 0 Å². The predicted octanol–water partition coefficient (Wildman–Crippen LogP) is 7.28. The Morgan fingerprint density at radius 3 is 1.60 bits per heavy atom. The quantitative estimate of drug-likeness (QED) is 0.0466. The fourth-order valence-electron chi connectivity index (χ4n) is 9.42. The molecule has 2 saturated heterocycles. The van der Waals surface area contributed by atoms with Crippen LogP contribution in [-0.4, -0.2) is 102 Å². The van der Waals surface area contributed by atoms with E-state index in [-0.39, 0.29) is 79.8 Å². The number of benzene rings is 4. The Balaban J connectivity index is 0.000000131. The van der Waals surface area contributed by atoms with Crippen molar-refractivity contribution in [2.75, 3.05) is 14.1 Å². The molecule has 15 heteroatoms. The minimum absolute atomic E-state index is 0.0566. The third-order valence-corrected chi connectivity index (χ3v) is 18.1. The van der Waals surface area contributed by atoms with Crippen LogP contribution in [-0.2, 0) is 30.0 Å². The molecule has 65 heavy (non-hydrogen) atoms. The molecule has 0 bridgehead atoms. The average molecular weight is 1030 g/mol. The van der Waals surface area contributed by atoms with E-state index in [9.17, 15) is 24.0 Å². The van der Waals surface area contributed by atoms with Crippen molar-refractivity contribution in [1.82, 2.24) is 29.6 Å². The first-order valence-electron chi connectivity index (χ1n) is 20.8. The third kappa shape index (κ3) is 6.59. The summed E-state index contributed by atoms with van der Waals surface area (Å²) >= 11 is 9.75. The molecule has 0 atom stereocenters. The summed E-state index contributed by atoms with van der Waals surface area (Å²) in [5.74, 6) is -1.38. The van der Waals surface area contributed by atoms with E-state index in [1.165, 1.54) is 91.8 Å². The van der Waals surface area contributed by atoms with Gasteiger partial charge in [-0.15, -0.1) is 0 Å². The van der Waals surface area contributed by atoms with Crippen LogP contribution in [0.5, 0.6) is 0 Å². The molecule has 4 aliphatic heterocycles. The van der Waals surface area contributed by atoms with Gasteiger partial charge >= 0.3 is 336 Å². The summed E-state index contributed by atoms with van der Waals surface area (Å²) in [4.78, 5) is 60.5. The van der Waals surface area contributed by atoms with Crippen molar-refractivity contribution in [2.45, 2.75) is 44.9 Å². The molecular weight excluding hydrogens is 987 g/mol. The standard InChI is InChI=1S/C25H19N3O2SSe.C20H15NOSe.C5H6N2O2S/c1-25(2)17-9-6-8-15-14-7-4-5-10-19(14)28(20(15)17)23-18(25)12-13(32-23)11-16-21(29)26-24(31)27(3)22(16)30;1-20(2)15-8-5-7-14-13-6-3-4-9-17(13)21(18(14)15)19-16(20)10-12(11-22)23-19;1-7-4(9)2-3(8)6-5(7)10/h4-12H,1-3H3,(H,26,29,31);3-11H,1-2H3;2H2,1H3,(H,6,8,10)/b16-11+;;. The van der Waals surface area contributed by atoms with Gasteiger partial charge in [-0.2, -0.15) is 0 Å². The van der Waals surface area contributed by atoms with Crippen molar-refractivity contribution < 1.29 is 24.0 Å². The number of hydrogen-bond acceptors (Lipinski definition) is 7. The molecule has 11 nitrogen and oxygen atoms in total. The zero-order valence-electron chi connectivity index (χ0n) is 36.1. The van der Waals surface area contributed by atoms with Crippen LogP contribution in [0.15, 0.2) is 103 Å². The summed E-state index contributed by atoms with van der Waals surface area (Å²) in [7, 11) is 3.11. The van der Waals surface area contributed by atoms with Gasteiger partial charge in [0.15, 0.2) is 5.11 Å². The number of fused-ring (bicyclic) bond motifs is 10. The zero-order valence-corrected chi connectivity index (χ0v) is 41.1. The minimum Gasteiger partial charge on any atom is -0.302 e. The number of hydrogen-bond donors (Lipinski definition) is 2. The van der Waals surface area contributed by atoms with Gasteiger partial charge in [0.1, 0.15) is 6.42 Å². The van der Waals surface area contributed by atoms with Crippen molar-refractivity contribution in [2.24, 2.45) is 0 Å². The van der Waals surface area contributed by atoms with Gasteiger partial charge in [-0.3, -0.25) is 14.5 Å². The Morgan fingerprint density at radius 2 is 1.08 bits per heavy atom. The Kier molecular flexibility index (Phi) is 10.3. The average Bonchev–Trinajstić information content (AvgIpc) is 4.07. The maximum atomic E-state index is 12.7. The summed E-state index contributed by atoms with van der Waals surface area (Å²) in [6.07, 6.45) is 2.68. The first-order chi connectivity index (χ1) is 31.0. The molecule has 4 aliphatic rings. The summed E-state index contributed by atoms with van der Waals surface area (Å²) in [5.41, 5.74) is 10.1. The summed E-state index contributed by atoms with van der Waals surface area (Å²) < 4.78 is 9.35. The number of carbonyl (C=O) groups excluding carboxylic acids is 5. The first kappa shape index (κ1) is 42.9.